The molecule has 15 heteroatoms. The first kappa shape index (κ1) is 37.8. The minimum absolute atomic E-state index is 0. The molecule has 12 nitrogen and oxygen atoms in total. The van der Waals surface area contributed by atoms with Gasteiger partial charge in [-0.05, 0) is 72.1 Å². The van der Waals surface area contributed by atoms with E-state index in [0.717, 1.165) is 10.8 Å². The van der Waals surface area contributed by atoms with Gasteiger partial charge in [0.2, 0.25) is 0 Å². The van der Waals surface area contributed by atoms with Gasteiger partial charge in [0, 0.05) is 10.8 Å². The molecule has 6 rings (SSSR count). The molecular formula is C34H26N4O8S2Sr. The van der Waals surface area contributed by atoms with Crippen molar-refractivity contribution in [3.8, 4) is 11.5 Å². The number of nitrogens with zero attached hydrogens (tertiary/aromatic N) is 4. The normalized spacial score (nSPS) is 11.8. The van der Waals surface area contributed by atoms with Gasteiger partial charge in [-0.25, -0.2) is 16.8 Å². The molecule has 0 amide bonds. The molecular weight excluding hydrogens is 744 g/mol. The molecule has 0 fully saturated rings. The molecule has 0 unspecified atom stereocenters. The molecule has 0 radical (unpaired) electrons. The first-order valence-corrected chi connectivity index (χ1v) is 16.9. The number of fused-ring (bicyclic) bond motifs is 2. The van der Waals surface area contributed by atoms with Crippen LogP contribution in [-0.2, 0) is 20.2 Å². The van der Waals surface area contributed by atoms with E-state index in [1.807, 2.05) is 36.4 Å². The van der Waals surface area contributed by atoms with E-state index in [0.29, 0.717) is 21.9 Å². The Labute approximate surface area is 319 Å². The maximum absolute atomic E-state index is 11.2. The number of benzene rings is 6. The predicted octanol–water partition coefficient (Wildman–Crippen LogP) is 7.97. The van der Waals surface area contributed by atoms with E-state index in [-0.39, 0.29) is 89.5 Å². The second-order valence-electron chi connectivity index (χ2n) is 10.5. The fourth-order valence-electron chi connectivity index (χ4n) is 4.75. The van der Waals surface area contributed by atoms with E-state index in [4.69, 9.17) is 0 Å². The molecule has 0 atom stereocenters. The number of phenolic OH excluding ortho intramolecular Hbond substituents is 2. The van der Waals surface area contributed by atoms with Gasteiger partial charge in [0.25, 0.3) is 0 Å². The Morgan fingerprint density at radius 3 is 1.24 bits per heavy atom. The summed E-state index contributed by atoms with van der Waals surface area (Å²) >= 11 is 0. The predicted molar refractivity (Wildman–Crippen MR) is 184 cm³/mol. The van der Waals surface area contributed by atoms with E-state index in [2.05, 4.69) is 20.5 Å². The summed E-state index contributed by atoms with van der Waals surface area (Å²) in [6.45, 7) is 3.06. The second kappa shape index (κ2) is 15.7. The molecule has 0 aliphatic carbocycles. The second-order valence-corrected chi connectivity index (χ2v) is 13.2. The van der Waals surface area contributed by atoms with Crippen LogP contribution in [0.2, 0.25) is 0 Å². The van der Waals surface area contributed by atoms with Crippen molar-refractivity contribution in [2.75, 3.05) is 0 Å². The summed E-state index contributed by atoms with van der Waals surface area (Å²) in [4.78, 5) is -0.665. The van der Waals surface area contributed by atoms with Gasteiger partial charge in [-0.2, -0.15) is 10.2 Å². The van der Waals surface area contributed by atoms with Crippen LogP contribution in [-0.4, -0.2) is 81.6 Å². The third-order valence-electron chi connectivity index (χ3n) is 7.17. The standard InChI is InChI=1S/2C17H14N2O4S.Sr/c2*1-11-6-8-13(10-16(11)24(21,22)23)18-19-17-14-5-3-2-4-12(14)7-9-15(17)20;/h2*2-10,20H,1H3,(H,21,22,23);/q;;+2/p-2. The zero-order chi connectivity index (χ0) is 34.6. The summed E-state index contributed by atoms with van der Waals surface area (Å²) < 4.78 is 67.4. The Hall–Kier alpha value is -4.06. The van der Waals surface area contributed by atoms with Crippen LogP contribution < -0.4 is 0 Å². The SMILES string of the molecule is Cc1ccc(N=Nc2c(O)ccc3ccccc23)cc1S(=O)(=O)[O-].Cc1ccc(N=Nc2c(O)ccc3ccccc23)cc1S(=O)(=O)[O-].[Sr+2]. The van der Waals surface area contributed by atoms with Crippen LogP contribution in [0.15, 0.2) is 139 Å². The zero-order valence-corrected chi connectivity index (χ0v) is 31.2. The van der Waals surface area contributed by atoms with Gasteiger partial charge in [-0.3, -0.25) is 0 Å². The van der Waals surface area contributed by atoms with Crippen LogP contribution in [0.4, 0.5) is 22.7 Å². The maximum atomic E-state index is 11.2. The Bertz CT molecular complexity index is 2300. The van der Waals surface area contributed by atoms with E-state index in [1.165, 1.54) is 50.2 Å². The van der Waals surface area contributed by atoms with Gasteiger partial charge >= 0.3 is 45.5 Å². The molecule has 0 aliphatic rings. The number of azo groups is 2. The van der Waals surface area contributed by atoms with Crippen molar-refractivity contribution in [3.63, 3.8) is 0 Å². The Morgan fingerprint density at radius 1 is 0.510 bits per heavy atom. The fourth-order valence-corrected chi connectivity index (χ4v) is 6.21. The molecule has 6 aromatic rings. The molecule has 49 heavy (non-hydrogen) atoms. The van der Waals surface area contributed by atoms with Gasteiger partial charge in [-0.1, -0.05) is 72.8 Å². The van der Waals surface area contributed by atoms with E-state index >= 15 is 0 Å². The summed E-state index contributed by atoms with van der Waals surface area (Å²) in [6, 6.07) is 29.7. The van der Waals surface area contributed by atoms with Crippen molar-refractivity contribution in [2.45, 2.75) is 23.6 Å². The van der Waals surface area contributed by atoms with Crippen LogP contribution in [0, 0.1) is 13.8 Å². The van der Waals surface area contributed by atoms with Crippen LogP contribution in [0.3, 0.4) is 0 Å². The van der Waals surface area contributed by atoms with Crippen molar-refractivity contribution < 1.29 is 36.2 Å². The number of aromatic hydroxyl groups is 2. The monoisotopic (exact) mass is 770 g/mol. The van der Waals surface area contributed by atoms with E-state index in [9.17, 15) is 36.2 Å². The molecule has 0 aliphatic heterocycles. The van der Waals surface area contributed by atoms with Crippen LogP contribution in [0.1, 0.15) is 11.1 Å². The largest absolute Gasteiger partial charge is 2.00 e. The number of rotatable bonds is 6. The maximum Gasteiger partial charge on any atom is 2.00 e. The summed E-state index contributed by atoms with van der Waals surface area (Å²) in [5.74, 6) is -0.0811. The first-order valence-electron chi connectivity index (χ1n) is 14.1. The molecule has 0 spiro atoms. The summed E-state index contributed by atoms with van der Waals surface area (Å²) in [5, 5.41) is 39.2. The smallest absolute Gasteiger partial charge is 0.744 e. The van der Waals surface area contributed by atoms with Crippen molar-refractivity contribution >= 4 is 110 Å². The zero-order valence-electron chi connectivity index (χ0n) is 26.0. The van der Waals surface area contributed by atoms with Crippen LogP contribution >= 0.6 is 0 Å². The first-order chi connectivity index (χ1) is 22.7. The van der Waals surface area contributed by atoms with Gasteiger partial charge in [0.1, 0.15) is 43.1 Å². The summed E-state index contributed by atoms with van der Waals surface area (Å²) in [6.07, 6.45) is 0. The van der Waals surface area contributed by atoms with Crippen molar-refractivity contribution in [1.82, 2.24) is 0 Å². The van der Waals surface area contributed by atoms with E-state index in [1.54, 1.807) is 36.4 Å². The molecule has 2 N–H and O–H groups in total. The number of phenols is 2. The van der Waals surface area contributed by atoms with Crippen LogP contribution in [0.5, 0.6) is 11.5 Å². The van der Waals surface area contributed by atoms with Gasteiger partial charge in [-0.15, -0.1) is 10.2 Å². The molecule has 0 bridgehead atoms. The Morgan fingerprint density at radius 2 is 0.878 bits per heavy atom. The molecule has 0 heterocycles. The minimum atomic E-state index is -4.58. The Balaban J connectivity index is 0.000000216. The Kier molecular flexibility index (Phi) is 12.1. The van der Waals surface area contributed by atoms with Gasteiger partial charge < -0.3 is 19.3 Å². The van der Waals surface area contributed by atoms with E-state index < -0.39 is 20.2 Å². The third-order valence-corrected chi connectivity index (χ3v) is 9.13. The average Bonchev–Trinajstić information content (AvgIpc) is 3.04. The fraction of sp³-hybridized carbons (Fsp3) is 0.0588. The van der Waals surface area contributed by atoms with Gasteiger partial charge in [0.05, 0.1) is 21.2 Å². The molecule has 0 saturated carbocycles. The average molecular weight is 770 g/mol. The molecule has 244 valence electrons. The molecule has 0 saturated heterocycles. The summed E-state index contributed by atoms with van der Waals surface area (Å²) in [5.41, 5.74) is 1.67. The minimum Gasteiger partial charge on any atom is -0.744 e. The topological polar surface area (TPSA) is 204 Å². The third kappa shape index (κ3) is 9.14. The number of aryl methyl sites for hydroxylation is 2. The quantitative estimate of drug-likeness (QED) is 0.0963. The number of hydrogen-bond acceptors (Lipinski definition) is 12. The van der Waals surface area contributed by atoms with Gasteiger partial charge in [0.15, 0.2) is 0 Å². The van der Waals surface area contributed by atoms with Crippen LogP contribution in [0.25, 0.3) is 21.5 Å². The molecule has 6 aromatic carbocycles. The number of hydrogen-bond donors (Lipinski definition) is 2. The van der Waals surface area contributed by atoms with Crippen molar-refractivity contribution in [1.29, 1.82) is 0 Å². The van der Waals surface area contributed by atoms with Crippen molar-refractivity contribution in [3.05, 3.63) is 120 Å². The van der Waals surface area contributed by atoms with Crippen molar-refractivity contribution in [2.24, 2.45) is 20.5 Å². The summed E-state index contributed by atoms with van der Waals surface area (Å²) in [7, 11) is -9.17. The molecule has 0 aromatic heterocycles.